The van der Waals surface area contributed by atoms with Crippen LogP contribution >= 0.6 is 23.2 Å². The van der Waals surface area contributed by atoms with Crippen molar-refractivity contribution in [3.05, 3.63) is 39.1 Å². The van der Waals surface area contributed by atoms with Crippen molar-refractivity contribution in [1.82, 2.24) is 0 Å². The summed E-state index contributed by atoms with van der Waals surface area (Å²) < 4.78 is 13.4. The van der Waals surface area contributed by atoms with Gasteiger partial charge < -0.3 is 0 Å². The maximum absolute atomic E-state index is 13.4. The predicted molar refractivity (Wildman–Crippen MR) is 55.6 cm³/mol. The fourth-order valence-electron chi connectivity index (χ4n) is 0.909. The lowest BCUT2D eigenvalue weighted by molar-refractivity contribution is 0.625. The Morgan fingerprint density at radius 3 is 2.27 bits per heavy atom. The number of nitrogens with zero attached hydrogens (tertiary/aromatic N) is 2. The molecule has 0 bridgehead atoms. The first-order chi connectivity index (χ1) is 7.10. The molecule has 74 valence electrons. The number of halogens is 3. The molecule has 0 N–H and O–H groups in total. The van der Waals surface area contributed by atoms with E-state index in [-0.39, 0.29) is 21.2 Å². The standard InChI is InChI=1S/C10H3Cl2FN2/c11-8-1-2-9(12)10(13)7(8)3-6(4-14)5-15/h1-3H. The highest BCUT2D eigenvalue weighted by atomic mass is 35.5. The average Bonchev–Trinajstić information content (AvgIpc) is 2.24. The third kappa shape index (κ3) is 2.47. The van der Waals surface area contributed by atoms with Crippen LogP contribution in [0.2, 0.25) is 10.0 Å². The molecule has 1 aromatic carbocycles. The van der Waals surface area contributed by atoms with Gasteiger partial charge in [0.25, 0.3) is 0 Å². The van der Waals surface area contributed by atoms with Gasteiger partial charge in [0.05, 0.1) is 10.0 Å². The molecule has 15 heavy (non-hydrogen) atoms. The SMILES string of the molecule is N#CC(C#N)=Cc1c(Cl)ccc(Cl)c1F. The van der Waals surface area contributed by atoms with Crippen LogP contribution in [0.3, 0.4) is 0 Å². The summed E-state index contributed by atoms with van der Waals surface area (Å²) in [5, 5.41) is 17.0. The van der Waals surface area contributed by atoms with Crippen molar-refractivity contribution in [1.29, 1.82) is 10.5 Å². The molecule has 0 spiro atoms. The number of allylic oxidation sites excluding steroid dienone is 1. The first-order valence-electron chi connectivity index (χ1n) is 3.75. The van der Waals surface area contributed by atoms with E-state index < -0.39 is 5.82 Å². The van der Waals surface area contributed by atoms with Crippen molar-refractivity contribution in [3.63, 3.8) is 0 Å². The molecule has 0 saturated carbocycles. The summed E-state index contributed by atoms with van der Waals surface area (Å²) in [5.74, 6) is -0.743. The van der Waals surface area contributed by atoms with E-state index in [4.69, 9.17) is 33.7 Å². The van der Waals surface area contributed by atoms with Crippen LogP contribution in [-0.4, -0.2) is 0 Å². The molecule has 1 rings (SSSR count). The molecule has 0 aliphatic rings. The molecule has 0 fully saturated rings. The molecule has 0 radical (unpaired) electrons. The minimum absolute atomic E-state index is 0.0535. The highest BCUT2D eigenvalue weighted by Gasteiger charge is 2.10. The van der Waals surface area contributed by atoms with Gasteiger partial charge in [0, 0.05) is 5.56 Å². The van der Waals surface area contributed by atoms with E-state index in [2.05, 4.69) is 0 Å². The Balaban J connectivity index is 3.40. The van der Waals surface area contributed by atoms with Gasteiger partial charge in [0.2, 0.25) is 0 Å². The molecule has 0 atom stereocenters. The van der Waals surface area contributed by atoms with Gasteiger partial charge in [0.15, 0.2) is 5.82 Å². The van der Waals surface area contributed by atoms with Gasteiger partial charge in [-0.05, 0) is 18.2 Å². The van der Waals surface area contributed by atoms with E-state index in [1.54, 1.807) is 12.1 Å². The summed E-state index contributed by atoms with van der Waals surface area (Å²) in [6.45, 7) is 0. The zero-order valence-electron chi connectivity index (χ0n) is 7.26. The number of benzene rings is 1. The molecule has 1 aromatic rings. The summed E-state index contributed by atoms with van der Waals surface area (Å²) in [6.07, 6.45) is 1.06. The second-order valence-electron chi connectivity index (χ2n) is 2.54. The lowest BCUT2D eigenvalue weighted by Crippen LogP contribution is -1.86. The predicted octanol–water partition coefficient (Wildman–Crippen LogP) is 3.56. The summed E-state index contributed by atoms with van der Waals surface area (Å²) in [7, 11) is 0. The number of nitriles is 2. The van der Waals surface area contributed by atoms with Gasteiger partial charge >= 0.3 is 0 Å². The Bertz CT molecular complexity index is 493. The summed E-state index contributed by atoms with van der Waals surface area (Å²) in [6, 6.07) is 5.91. The van der Waals surface area contributed by atoms with E-state index in [0.717, 1.165) is 6.08 Å². The molecule has 0 aliphatic heterocycles. The van der Waals surface area contributed by atoms with E-state index in [1.807, 2.05) is 0 Å². The molecule has 0 saturated heterocycles. The zero-order valence-corrected chi connectivity index (χ0v) is 8.77. The van der Waals surface area contributed by atoms with Crippen LogP contribution in [0.5, 0.6) is 0 Å². The van der Waals surface area contributed by atoms with Gasteiger partial charge in [0.1, 0.15) is 17.7 Å². The lowest BCUT2D eigenvalue weighted by atomic mass is 10.1. The smallest absolute Gasteiger partial charge is 0.150 e. The Morgan fingerprint density at radius 1 is 1.20 bits per heavy atom. The molecule has 0 unspecified atom stereocenters. The van der Waals surface area contributed by atoms with Gasteiger partial charge in [-0.15, -0.1) is 0 Å². The zero-order chi connectivity index (χ0) is 11.4. The molecular weight excluding hydrogens is 238 g/mol. The fraction of sp³-hybridized carbons (Fsp3) is 0. The first kappa shape index (κ1) is 11.5. The second-order valence-corrected chi connectivity index (χ2v) is 3.35. The Kier molecular flexibility index (Phi) is 3.68. The van der Waals surface area contributed by atoms with E-state index >= 15 is 0 Å². The van der Waals surface area contributed by atoms with Crippen LogP contribution in [-0.2, 0) is 0 Å². The maximum Gasteiger partial charge on any atom is 0.150 e. The Morgan fingerprint density at radius 2 is 1.73 bits per heavy atom. The Hall–Kier alpha value is -1.55. The average molecular weight is 241 g/mol. The normalized spacial score (nSPS) is 8.87. The van der Waals surface area contributed by atoms with Gasteiger partial charge in [-0.2, -0.15) is 10.5 Å². The van der Waals surface area contributed by atoms with Crippen molar-refractivity contribution < 1.29 is 4.39 Å². The molecular formula is C10H3Cl2FN2. The maximum atomic E-state index is 13.4. The van der Waals surface area contributed by atoms with Crippen LogP contribution < -0.4 is 0 Å². The van der Waals surface area contributed by atoms with Crippen LogP contribution in [0.15, 0.2) is 17.7 Å². The van der Waals surface area contributed by atoms with E-state index in [9.17, 15) is 4.39 Å². The summed E-state index contributed by atoms with van der Waals surface area (Å²) in [4.78, 5) is 0. The van der Waals surface area contributed by atoms with Crippen molar-refractivity contribution in [2.75, 3.05) is 0 Å². The van der Waals surface area contributed by atoms with Crippen molar-refractivity contribution in [3.8, 4) is 12.1 Å². The van der Waals surface area contributed by atoms with E-state index in [1.165, 1.54) is 12.1 Å². The van der Waals surface area contributed by atoms with Crippen molar-refractivity contribution >= 4 is 29.3 Å². The van der Waals surface area contributed by atoms with Gasteiger partial charge in [-0.1, -0.05) is 23.2 Å². The van der Waals surface area contributed by atoms with Crippen LogP contribution in [0.4, 0.5) is 4.39 Å². The van der Waals surface area contributed by atoms with Crippen molar-refractivity contribution in [2.24, 2.45) is 0 Å². The fourth-order valence-corrected chi connectivity index (χ4v) is 1.27. The highest BCUT2D eigenvalue weighted by molar-refractivity contribution is 6.34. The third-order valence-electron chi connectivity index (χ3n) is 1.61. The van der Waals surface area contributed by atoms with Crippen LogP contribution in [0.25, 0.3) is 6.08 Å². The van der Waals surface area contributed by atoms with Crippen molar-refractivity contribution in [2.45, 2.75) is 0 Å². The molecule has 5 heteroatoms. The molecule has 0 aromatic heterocycles. The van der Waals surface area contributed by atoms with Crippen LogP contribution in [0.1, 0.15) is 5.56 Å². The summed E-state index contributed by atoms with van der Waals surface area (Å²) in [5.41, 5.74) is -0.291. The van der Waals surface area contributed by atoms with E-state index in [0.29, 0.717) is 0 Å². The van der Waals surface area contributed by atoms with Crippen LogP contribution in [0, 0.1) is 28.5 Å². The van der Waals surface area contributed by atoms with Gasteiger partial charge in [-0.3, -0.25) is 0 Å². The number of hydrogen-bond donors (Lipinski definition) is 0. The lowest BCUT2D eigenvalue weighted by Gasteiger charge is -2.01. The number of rotatable bonds is 1. The third-order valence-corrected chi connectivity index (χ3v) is 2.23. The quantitative estimate of drug-likeness (QED) is 0.557. The monoisotopic (exact) mass is 240 g/mol. The van der Waals surface area contributed by atoms with Gasteiger partial charge in [-0.25, -0.2) is 4.39 Å². The topological polar surface area (TPSA) is 47.6 Å². The molecule has 0 amide bonds. The molecule has 0 aliphatic carbocycles. The molecule has 2 nitrogen and oxygen atoms in total. The molecule has 0 heterocycles. The number of hydrogen-bond acceptors (Lipinski definition) is 2. The largest absolute Gasteiger partial charge is 0.205 e. The second kappa shape index (κ2) is 4.79. The Labute approximate surface area is 95.8 Å². The minimum atomic E-state index is -0.743. The summed E-state index contributed by atoms with van der Waals surface area (Å²) >= 11 is 11.2. The first-order valence-corrected chi connectivity index (χ1v) is 4.51. The minimum Gasteiger partial charge on any atom is -0.205 e. The highest BCUT2D eigenvalue weighted by Crippen LogP contribution is 2.27.